The molecule has 5 nitrogen and oxygen atoms in total. The minimum absolute atomic E-state index is 0.401. The van der Waals surface area contributed by atoms with Crippen molar-refractivity contribution in [3.8, 4) is 0 Å². The zero-order chi connectivity index (χ0) is 15.2. The number of carbonyl (C=O) groups excluding carboxylic acids is 2. The average Bonchev–Trinajstić information content (AvgIpc) is 2.48. The summed E-state index contributed by atoms with van der Waals surface area (Å²) in [6, 6.07) is 13.8. The molecule has 108 valence electrons. The quantitative estimate of drug-likeness (QED) is 0.730. The second-order valence-electron chi connectivity index (χ2n) is 4.38. The van der Waals surface area contributed by atoms with Gasteiger partial charge in [0.05, 0.1) is 5.56 Å². The molecule has 0 radical (unpaired) electrons. The number of benzene rings is 2. The van der Waals surface area contributed by atoms with Gasteiger partial charge in [0.2, 0.25) is 0 Å². The Balaban J connectivity index is 1.88. The van der Waals surface area contributed by atoms with Crippen LogP contribution in [0.5, 0.6) is 0 Å². The monoisotopic (exact) mass is 347 g/mol. The van der Waals surface area contributed by atoms with E-state index >= 15 is 0 Å². The van der Waals surface area contributed by atoms with Gasteiger partial charge in [0.1, 0.15) is 0 Å². The molecular weight excluding hydrogens is 334 g/mol. The van der Waals surface area contributed by atoms with Crippen LogP contribution in [0.15, 0.2) is 53.0 Å². The van der Waals surface area contributed by atoms with Gasteiger partial charge in [0.25, 0.3) is 5.91 Å². The van der Waals surface area contributed by atoms with Crippen molar-refractivity contribution < 1.29 is 9.59 Å². The van der Waals surface area contributed by atoms with E-state index in [1.807, 2.05) is 19.1 Å². The smallest absolute Gasteiger partial charge is 0.307 e. The molecule has 0 spiro atoms. The van der Waals surface area contributed by atoms with Crippen LogP contribution in [0.2, 0.25) is 0 Å². The predicted octanol–water partition coefficient (Wildman–Crippen LogP) is 3.22. The third-order valence-electron chi connectivity index (χ3n) is 2.72. The number of amides is 3. The first-order valence-corrected chi connectivity index (χ1v) is 7.04. The maximum atomic E-state index is 11.9. The predicted molar refractivity (Wildman–Crippen MR) is 84.9 cm³/mol. The van der Waals surface area contributed by atoms with E-state index < -0.39 is 11.9 Å². The molecule has 6 heteroatoms. The number of rotatable bonds is 2. The number of aryl methyl sites for hydroxylation is 1. The van der Waals surface area contributed by atoms with E-state index in [0.29, 0.717) is 15.7 Å². The lowest BCUT2D eigenvalue weighted by Gasteiger charge is -2.10. The lowest BCUT2D eigenvalue weighted by Crippen LogP contribution is -2.44. The second kappa shape index (κ2) is 6.90. The lowest BCUT2D eigenvalue weighted by molar-refractivity contribution is 0.0937. The summed E-state index contributed by atoms with van der Waals surface area (Å²) < 4.78 is 0.656. The Kier molecular flexibility index (Phi) is 4.94. The minimum Gasteiger partial charge on any atom is -0.307 e. The SMILES string of the molecule is Cc1ccc(NC(=O)NNC(=O)c2ccccc2Br)cc1. The van der Waals surface area contributed by atoms with Crippen LogP contribution in [0, 0.1) is 6.92 Å². The van der Waals surface area contributed by atoms with Gasteiger partial charge in [-0.15, -0.1) is 0 Å². The summed E-state index contributed by atoms with van der Waals surface area (Å²) in [7, 11) is 0. The van der Waals surface area contributed by atoms with E-state index in [4.69, 9.17) is 0 Å². The largest absolute Gasteiger partial charge is 0.337 e. The molecule has 2 aromatic rings. The van der Waals surface area contributed by atoms with Crippen molar-refractivity contribution in [2.45, 2.75) is 6.92 Å². The molecule has 0 atom stereocenters. The third-order valence-corrected chi connectivity index (χ3v) is 3.41. The zero-order valence-electron chi connectivity index (χ0n) is 11.3. The van der Waals surface area contributed by atoms with E-state index in [2.05, 4.69) is 32.1 Å². The highest BCUT2D eigenvalue weighted by Gasteiger charge is 2.10. The Morgan fingerprint density at radius 3 is 2.29 bits per heavy atom. The van der Waals surface area contributed by atoms with E-state index in [9.17, 15) is 9.59 Å². The van der Waals surface area contributed by atoms with Crippen LogP contribution in [0.1, 0.15) is 15.9 Å². The molecule has 0 saturated heterocycles. The van der Waals surface area contributed by atoms with E-state index in [1.165, 1.54) is 0 Å². The molecule has 0 fully saturated rings. The van der Waals surface area contributed by atoms with Crippen LogP contribution >= 0.6 is 15.9 Å². The molecule has 3 N–H and O–H groups in total. The molecule has 0 aliphatic heterocycles. The van der Waals surface area contributed by atoms with E-state index in [-0.39, 0.29) is 0 Å². The maximum Gasteiger partial charge on any atom is 0.337 e. The Bertz CT molecular complexity index is 656. The molecule has 0 heterocycles. The van der Waals surface area contributed by atoms with Gasteiger partial charge in [0.15, 0.2) is 0 Å². The summed E-state index contributed by atoms with van der Waals surface area (Å²) in [6.07, 6.45) is 0. The summed E-state index contributed by atoms with van der Waals surface area (Å²) in [4.78, 5) is 23.6. The summed E-state index contributed by atoms with van der Waals surface area (Å²) >= 11 is 3.28. The molecule has 21 heavy (non-hydrogen) atoms. The number of halogens is 1. The van der Waals surface area contributed by atoms with Crippen LogP contribution in [-0.2, 0) is 0 Å². The van der Waals surface area contributed by atoms with Crippen molar-refractivity contribution in [1.82, 2.24) is 10.9 Å². The van der Waals surface area contributed by atoms with Crippen LogP contribution in [0.25, 0.3) is 0 Å². The zero-order valence-corrected chi connectivity index (χ0v) is 12.9. The fraction of sp³-hybridized carbons (Fsp3) is 0.0667. The summed E-state index contributed by atoms with van der Waals surface area (Å²) in [6.45, 7) is 1.96. The third kappa shape index (κ3) is 4.32. The van der Waals surface area contributed by atoms with Crippen molar-refractivity contribution in [3.05, 3.63) is 64.1 Å². The molecule has 2 rings (SSSR count). The number of hydrogen-bond donors (Lipinski definition) is 3. The van der Waals surface area contributed by atoms with Crippen LogP contribution in [0.4, 0.5) is 10.5 Å². The number of anilines is 1. The van der Waals surface area contributed by atoms with Gasteiger partial charge < -0.3 is 5.32 Å². The molecule has 2 aromatic carbocycles. The standard InChI is InChI=1S/C15H14BrN3O2/c1-10-6-8-11(9-7-10)17-15(21)19-18-14(20)12-4-2-3-5-13(12)16/h2-9H,1H3,(H,18,20)(H2,17,19,21). The van der Waals surface area contributed by atoms with Crippen LogP contribution < -0.4 is 16.2 Å². The van der Waals surface area contributed by atoms with Crippen molar-refractivity contribution in [2.75, 3.05) is 5.32 Å². The number of hydrazine groups is 1. The Morgan fingerprint density at radius 1 is 0.952 bits per heavy atom. The van der Waals surface area contributed by atoms with Gasteiger partial charge in [0, 0.05) is 10.2 Å². The highest BCUT2D eigenvalue weighted by molar-refractivity contribution is 9.10. The topological polar surface area (TPSA) is 70.2 Å². The summed E-state index contributed by atoms with van der Waals surface area (Å²) in [5, 5.41) is 2.61. The fourth-order valence-corrected chi connectivity index (χ4v) is 2.09. The number of nitrogens with one attached hydrogen (secondary N) is 3. The first-order chi connectivity index (χ1) is 10.1. The molecule has 0 saturated carbocycles. The molecule has 0 aliphatic carbocycles. The number of carbonyl (C=O) groups is 2. The van der Waals surface area contributed by atoms with Crippen molar-refractivity contribution in [2.24, 2.45) is 0 Å². The molecule has 3 amide bonds. The van der Waals surface area contributed by atoms with Gasteiger partial charge in [-0.3, -0.25) is 10.2 Å². The van der Waals surface area contributed by atoms with E-state index in [1.54, 1.807) is 36.4 Å². The van der Waals surface area contributed by atoms with E-state index in [0.717, 1.165) is 5.56 Å². The molecule has 0 bridgehead atoms. The highest BCUT2D eigenvalue weighted by Crippen LogP contribution is 2.15. The Labute approximate surface area is 130 Å². The molecular formula is C15H14BrN3O2. The van der Waals surface area contributed by atoms with Crippen molar-refractivity contribution in [1.29, 1.82) is 0 Å². The van der Waals surface area contributed by atoms with Gasteiger partial charge in [-0.1, -0.05) is 29.8 Å². The second-order valence-corrected chi connectivity index (χ2v) is 5.23. The van der Waals surface area contributed by atoms with Crippen LogP contribution in [-0.4, -0.2) is 11.9 Å². The first-order valence-electron chi connectivity index (χ1n) is 6.25. The summed E-state index contributed by atoms with van der Waals surface area (Å²) in [5.41, 5.74) is 6.83. The maximum absolute atomic E-state index is 11.9. The molecule has 0 unspecified atom stereocenters. The summed E-state index contributed by atoms with van der Waals surface area (Å²) in [5.74, 6) is -0.401. The Morgan fingerprint density at radius 2 is 1.62 bits per heavy atom. The Hall–Kier alpha value is -2.34. The normalized spacial score (nSPS) is 9.81. The van der Waals surface area contributed by atoms with Gasteiger partial charge in [-0.25, -0.2) is 10.2 Å². The average molecular weight is 348 g/mol. The number of hydrogen-bond acceptors (Lipinski definition) is 2. The molecule has 0 aliphatic rings. The fourth-order valence-electron chi connectivity index (χ4n) is 1.63. The van der Waals surface area contributed by atoms with Crippen LogP contribution in [0.3, 0.4) is 0 Å². The first kappa shape index (κ1) is 15.1. The number of urea groups is 1. The minimum atomic E-state index is -0.515. The molecule has 0 aromatic heterocycles. The van der Waals surface area contributed by atoms with Crippen molar-refractivity contribution >= 4 is 33.6 Å². The lowest BCUT2D eigenvalue weighted by atomic mass is 10.2. The van der Waals surface area contributed by atoms with Gasteiger partial charge in [-0.2, -0.15) is 0 Å². The van der Waals surface area contributed by atoms with Crippen molar-refractivity contribution in [3.63, 3.8) is 0 Å². The highest BCUT2D eigenvalue weighted by atomic mass is 79.9. The van der Waals surface area contributed by atoms with Gasteiger partial charge in [-0.05, 0) is 47.1 Å². The van der Waals surface area contributed by atoms with Gasteiger partial charge >= 0.3 is 6.03 Å².